The second kappa shape index (κ2) is 7.40. The number of amides is 3. The maximum Gasteiger partial charge on any atom is 0.414 e. The molecular formula is C17H15ClFN3O3. The molecule has 2 aromatic carbocycles. The smallest absolute Gasteiger partial charge is 0.414 e. The lowest BCUT2D eigenvalue weighted by Crippen LogP contribution is -2.37. The van der Waals surface area contributed by atoms with Gasteiger partial charge in [-0.15, -0.1) is 0 Å². The van der Waals surface area contributed by atoms with Crippen molar-refractivity contribution in [1.29, 1.82) is 0 Å². The largest absolute Gasteiger partial charge is 0.442 e. The van der Waals surface area contributed by atoms with Gasteiger partial charge in [0.15, 0.2) is 0 Å². The molecule has 0 aromatic heterocycles. The first-order valence-electron chi connectivity index (χ1n) is 7.55. The lowest BCUT2D eigenvalue weighted by molar-refractivity contribution is 0.141. The fourth-order valence-electron chi connectivity index (χ4n) is 2.41. The molecule has 0 bridgehead atoms. The van der Waals surface area contributed by atoms with Crippen LogP contribution in [0.2, 0.25) is 5.02 Å². The van der Waals surface area contributed by atoms with E-state index in [1.165, 1.54) is 29.2 Å². The first kappa shape index (κ1) is 17.0. The van der Waals surface area contributed by atoms with Crippen LogP contribution in [0.25, 0.3) is 0 Å². The highest BCUT2D eigenvalue weighted by atomic mass is 35.5. The van der Waals surface area contributed by atoms with Crippen molar-refractivity contribution in [1.82, 2.24) is 5.32 Å². The zero-order chi connectivity index (χ0) is 17.8. The number of ether oxygens (including phenoxy) is 1. The lowest BCUT2D eigenvalue weighted by atomic mass is 10.2. The summed E-state index contributed by atoms with van der Waals surface area (Å²) < 4.78 is 18.2. The maximum atomic E-state index is 13.0. The molecule has 0 spiro atoms. The van der Waals surface area contributed by atoms with E-state index in [0.29, 0.717) is 16.4 Å². The molecule has 0 aliphatic carbocycles. The highest BCUT2D eigenvalue weighted by molar-refractivity contribution is 6.30. The van der Waals surface area contributed by atoms with Gasteiger partial charge < -0.3 is 15.4 Å². The molecule has 1 saturated heterocycles. The number of carbonyl (C=O) groups is 2. The van der Waals surface area contributed by atoms with Gasteiger partial charge in [-0.2, -0.15) is 0 Å². The number of nitrogens with one attached hydrogen (secondary N) is 2. The predicted molar refractivity (Wildman–Crippen MR) is 92.5 cm³/mol. The third-order valence-corrected chi connectivity index (χ3v) is 3.82. The summed E-state index contributed by atoms with van der Waals surface area (Å²) >= 11 is 5.85. The van der Waals surface area contributed by atoms with E-state index >= 15 is 0 Å². The Hall–Kier alpha value is -2.80. The third-order valence-electron chi connectivity index (χ3n) is 3.59. The van der Waals surface area contributed by atoms with Gasteiger partial charge in [-0.25, -0.2) is 14.0 Å². The fourth-order valence-corrected chi connectivity index (χ4v) is 2.60. The van der Waals surface area contributed by atoms with Gasteiger partial charge in [0.1, 0.15) is 11.9 Å². The summed E-state index contributed by atoms with van der Waals surface area (Å²) in [6, 6.07) is 11.8. The standard InChI is InChI=1S/C17H15ClFN3O3/c18-11-2-1-3-13(8-11)21-16(23)20-9-15-10-22(17(24)25-15)14-6-4-12(19)5-7-14/h1-8,15H,9-10H2,(H2,20,21,23)/t15-/m1/s1. The first-order valence-corrected chi connectivity index (χ1v) is 7.93. The molecule has 6 nitrogen and oxygen atoms in total. The Morgan fingerprint density at radius 2 is 2.04 bits per heavy atom. The monoisotopic (exact) mass is 363 g/mol. The van der Waals surface area contributed by atoms with Crippen LogP contribution in [0.5, 0.6) is 0 Å². The van der Waals surface area contributed by atoms with Crippen LogP contribution >= 0.6 is 11.6 Å². The number of rotatable bonds is 4. The van der Waals surface area contributed by atoms with Gasteiger partial charge in [-0.1, -0.05) is 17.7 Å². The van der Waals surface area contributed by atoms with Crippen LogP contribution in [0.15, 0.2) is 48.5 Å². The minimum Gasteiger partial charge on any atom is -0.442 e. The number of carbonyl (C=O) groups excluding carboxylic acids is 2. The summed E-state index contributed by atoms with van der Waals surface area (Å²) in [5, 5.41) is 5.79. The van der Waals surface area contributed by atoms with E-state index in [1.54, 1.807) is 24.3 Å². The number of hydrogen-bond acceptors (Lipinski definition) is 3. The highest BCUT2D eigenvalue weighted by Gasteiger charge is 2.32. The Kier molecular flexibility index (Phi) is 5.04. The topological polar surface area (TPSA) is 70.7 Å². The van der Waals surface area contributed by atoms with Gasteiger partial charge in [0.25, 0.3) is 0 Å². The molecule has 0 radical (unpaired) electrons. The van der Waals surface area contributed by atoms with Gasteiger partial charge in [-0.05, 0) is 42.5 Å². The molecule has 2 N–H and O–H groups in total. The Balaban J connectivity index is 1.51. The van der Waals surface area contributed by atoms with E-state index in [-0.39, 0.29) is 18.9 Å². The summed E-state index contributed by atoms with van der Waals surface area (Å²) in [6.07, 6.45) is -1.03. The molecule has 1 aliphatic rings. The second-order valence-electron chi connectivity index (χ2n) is 5.44. The van der Waals surface area contributed by atoms with Crippen molar-refractivity contribution < 1.29 is 18.7 Å². The number of halogens is 2. The zero-order valence-corrected chi connectivity index (χ0v) is 13.8. The van der Waals surface area contributed by atoms with Gasteiger partial charge in [-0.3, -0.25) is 4.90 Å². The first-order chi connectivity index (χ1) is 12.0. The van der Waals surface area contributed by atoms with Gasteiger partial charge in [0.2, 0.25) is 0 Å². The van der Waals surface area contributed by atoms with Gasteiger partial charge in [0, 0.05) is 16.4 Å². The van der Waals surface area contributed by atoms with E-state index in [0.717, 1.165) is 0 Å². The molecule has 25 heavy (non-hydrogen) atoms. The molecule has 1 heterocycles. The SMILES string of the molecule is O=C(NC[C@@H]1CN(c2ccc(F)cc2)C(=O)O1)Nc1cccc(Cl)c1. The quantitative estimate of drug-likeness (QED) is 0.871. The van der Waals surface area contributed by atoms with Crippen molar-refractivity contribution in [2.45, 2.75) is 6.10 Å². The molecular weight excluding hydrogens is 349 g/mol. The average Bonchev–Trinajstić information content (AvgIpc) is 2.95. The average molecular weight is 364 g/mol. The van der Waals surface area contributed by atoms with Crippen molar-refractivity contribution in [3.8, 4) is 0 Å². The van der Waals surface area contributed by atoms with Crippen molar-refractivity contribution in [3.63, 3.8) is 0 Å². The second-order valence-corrected chi connectivity index (χ2v) is 5.87. The molecule has 0 saturated carbocycles. The van der Waals surface area contributed by atoms with Crippen LogP contribution < -0.4 is 15.5 Å². The molecule has 0 unspecified atom stereocenters. The number of anilines is 2. The summed E-state index contributed by atoms with van der Waals surface area (Å²) in [5.74, 6) is -0.382. The van der Waals surface area contributed by atoms with E-state index in [4.69, 9.17) is 16.3 Å². The number of urea groups is 1. The molecule has 8 heteroatoms. The van der Waals surface area contributed by atoms with E-state index in [2.05, 4.69) is 10.6 Å². The zero-order valence-electron chi connectivity index (χ0n) is 13.0. The van der Waals surface area contributed by atoms with Gasteiger partial charge >= 0.3 is 12.1 Å². The Labute approximate surface area is 148 Å². The molecule has 130 valence electrons. The number of benzene rings is 2. The van der Waals surface area contributed by atoms with Gasteiger partial charge in [0.05, 0.1) is 13.1 Å². The lowest BCUT2D eigenvalue weighted by Gasteiger charge is -2.13. The van der Waals surface area contributed by atoms with E-state index in [9.17, 15) is 14.0 Å². The normalized spacial score (nSPS) is 16.5. The van der Waals surface area contributed by atoms with E-state index < -0.39 is 18.2 Å². The Bertz CT molecular complexity index is 785. The summed E-state index contributed by atoms with van der Waals surface area (Å²) in [7, 11) is 0. The number of hydrogen-bond donors (Lipinski definition) is 2. The summed E-state index contributed by atoms with van der Waals surface area (Å²) in [5.41, 5.74) is 1.10. The van der Waals surface area contributed by atoms with Crippen molar-refractivity contribution in [3.05, 3.63) is 59.4 Å². The molecule has 3 rings (SSSR count). The van der Waals surface area contributed by atoms with Crippen LogP contribution in [0.3, 0.4) is 0 Å². The third kappa shape index (κ3) is 4.39. The Morgan fingerprint density at radius 3 is 2.76 bits per heavy atom. The van der Waals surface area contributed by atoms with Crippen LogP contribution in [0.1, 0.15) is 0 Å². The van der Waals surface area contributed by atoms with Crippen LogP contribution in [0.4, 0.5) is 25.4 Å². The molecule has 1 aliphatic heterocycles. The van der Waals surface area contributed by atoms with E-state index in [1.807, 2.05) is 0 Å². The van der Waals surface area contributed by atoms with Crippen molar-refractivity contribution >= 4 is 35.1 Å². The summed E-state index contributed by atoms with van der Waals surface area (Å²) in [6.45, 7) is 0.414. The number of cyclic esters (lactones) is 1. The Morgan fingerprint density at radius 1 is 1.28 bits per heavy atom. The fraction of sp³-hybridized carbons (Fsp3) is 0.176. The van der Waals surface area contributed by atoms with Crippen molar-refractivity contribution in [2.75, 3.05) is 23.3 Å². The minimum atomic E-state index is -0.534. The molecule has 1 fully saturated rings. The van der Waals surface area contributed by atoms with Crippen LogP contribution in [-0.2, 0) is 4.74 Å². The van der Waals surface area contributed by atoms with Crippen LogP contribution in [-0.4, -0.2) is 31.3 Å². The molecule has 1 atom stereocenters. The highest BCUT2D eigenvalue weighted by Crippen LogP contribution is 2.21. The minimum absolute atomic E-state index is 0.149. The van der Waals surface area contributed by atoms with Crippen LogP contribution in [0, 0.1) is 5.82 Å². The molecule has 2 aromatic rings. The predicted octanol–water partition coefficient (Wildman–Crippen LogP) is 3.63. The maximum absolute atomic E-state index is 13.0. The number of nitrogens with zero attached hydrogens (tertiary/aromatic N) is 1. The van der Waals surface area contributed by atoms with Crippen molar-refractivity contribution in [2.24, 2.45) is 0 Å². The summed E-state index contributed by atoms with van der Waals surface area (Å²) in [4.78, 5) is 25.2. The molecule has 3 amide bonds.